The molecule has 4 atom stereocenters. The highest BCUT2D eigenvalue weighted by Crippen LogP contribution is 2.74. The summed E-state index contributed by atoms with van der Waals surface area (Å²) in [5.41, 5.74) is 0.897. The molecule has 0 aromatic carbocycles. The number of anilines is 1. The van der Waals surface area contributed by atoms with Crippen LogP contribution in [0.2, 0.25) is 0 Å². The maximum absolute atomic E-state index is 13.3. The van der Waals surface area contributed by atoms with Gasteiger partial charge in [-0.15, -0.1) is 0 Å². The Hall–Kier alpha value is -1.47. The van der Waals surface area contributed by atoms with Gasteiger partial charge in [0.25, 0.3) is 0 Å². The molecule has 7 heteroatoms. The monoisotopic (exact) mass is 489 g/mol. The minimum atomic E-state index is -0.289. The van der Waals surface area contributed by atoms with Crippen LogP contribution < -0.4 is 5.32 Å². The molecule has 1 aromatic heterocycles. The van der Waals surface area contributed by atoms with E-state index in [4.69, 9.17) is 4.74 Å². The van der Waals surface area contributed by atoms with Crippen LogP contribution in [-0.4, -0.2) is 48.0 Å². The number of hydrogen-bond acceptors (Lipinski definition) is 5. The van der Waals surface area contributed by atoms with Gasteiger partial charge in [0.05, 0.1) is 30.3 Å². The number of carbonyl (C=O) groups excluding carboxylic acids is 2. The summed E-state index contributed by atoms with van der Waals surface area (Å²) in [5, 5.41) is 3.02. The number of amides is 1. The molecule has 3 saturated carbocycles. The Morgan fingerprint density at radius 3 is 2.55 bits per heavy atom. The van der Waals surface area contributed by atoms with Crippen LogP contribution in [0.4, 0.5) is 5.69 Å². The van der Waals surface area contributed by atoms with Gasteiger partial charge in [-0.2, -0.15) is 0 Å². The molecule has 4 fully saturated rings. The van der Waals surface area contributed by atoms with E-state index in [1.165, 1.54) is 25.9 Å². The summed E-state index contributed by atoms with van der Waals surface area (Å²) in [4.78, 5) is 33.1. The molecule has 6 nitrogen and oxygen atoms in total. The number of hydrogen-bond donors (Lipinski definition) is 1. The maximum Gasteiger partial charge on any atom is 0.310 e. The Balaban J connectivity index is 1.20. The number of nitrogens with one attached hydrogen (secondary N) is 1. The number of aromatic nitrogens is 1. The molecule has 0 radical (unpaired) electrons. The van der Waals surface area contributed by atoms with Gasteiger partial charge >= 0.3 is 5.97 Å². The van der Waals surface area contributed by atoms with E-state index < -0.39 is 0 Å². The Morgan fingerprint density at radius 1 is 1.13 bits per heavy atom. The number of unbranched alkanes of at least 4 members (excludes halogenated alkanes) is 1. The second kappa shape index (κ2) is 8.81. The van der Waals surface area contributed by atoms with Crippen molar-refractivity contribution in [2.75, 3.05) is 31.6 Å². The highest BCUT2D eigenvalue weighted by Gasteiger charge is 2.71. The average Bonchev–Trinajstić information content (AvgIpc) is 3.12. The van der Waals surface area contributed by atoms with Crippen molar-refractivity contribution in [1.29, 1.82) is 0 Å². The fourth-order valence-corrected chi connectivity index (χ4v) is 6.95. The second-order valence-electron chi connectivity index (χ2n) is 9.86. The van der Waals surface area contributed by atoms with Crippen LogP contribution in [0.1, 0.15) is 51.4 Å². The molecule has 2 heterocycles. The highest BCUT2D eigenvalue weighted by molar-refractivity contribution is 9.10. The van der Waals surface area contributed by atoms with Crippen LogP contribution in [0, 0.1) is 29.1 Å². The number of ether oxygens (including phenoxy) is 1. The topological polar surface area (TPSA) is 71.5 Å². The van der Waals surface area contributed by atoms with Crippen LogP contribution >= 0.6 is 15.9 Å². The van der Waals surface area contributed by atoms with E-state index in [9.17, 15) is 9.59 Å². The van der Waals surface area contributed by atoms with Gasteiger partial charge in [0.1, 0.15) is 4.60 Å². The molecule has 1 saturated heterocycles. The number of rotatable bonds is 8. The summed E-state index contributed by atoms with van der Waals surface area (Å²) in [7, 11) is 0. The van der Waals surface area contributed by atoms with Crippen LogP contribution in [0.3, 0.4) is 0 Å². The van der Waals surface area contributed by atoms with Crippen LogP contribution in [0.25, 0.3) is 0 Å². The SMILES string of the molecule is O=C(OCCCCN1CCCC1)[C@H]1[C@H](C(=O)Nc2ccc(Br)nc2)[C@@H]2CC[C@H]1C21CC1. The quantitative estimate of drug-likeness (QED) is 0.335. The van der Waals surface area contributed by atoms with Crippen LogP contribution in [0.5, 0.6) is 0 Å². The van der Waals surface area contributed by atoms with Gasteiger partial charge in [-0.1, -0.05) is 0 Å². The molecular formula is C24H32BrN3O3. The van der Waals surface area contributed by atoms with E-state index in [0.717, 1.165) is 49.7 Å². The number of likely N-dealkylation sites (tertiary alicyclic amines) is 1. The van der Waals surface area contributed by atoms with Crippen molar-refractivity contribution >= 4 is 33.5 Å². The molecule has 1 amide bonds. The first-order chi connectivity index (χ1) is 15.1. The van der Waals surface area contributed by atoms with Crippen molar-refractivity contribution in [3.8, 4) is 0 Å². The maximum atomic E-state index is 13.3. The standard InChI is InChI=1S/C24H32BrN3O3/c25-19-8-5-16(15-26-19)27-22(29)20-17-6-7-18(24(17)9-10-24)21(20)23(30)31-14-4-3-13-28-11-1-2-12-28/h5,8,15,17-18,20-21H,1-4,6-7,9-14H2,(H,27,29)/t17-,18+,20+,21+/m0/s1. The smallest absolute Gasteiger partial charge is 0.310 e. The summed E-state index contributed by atoms with van der Waals surface area (Å²) in [5.74, 6) is -0.125. The van der Waals surface area contributed by atoms with E-state index in [0.29, 0.717) is 24.1 Å². The van der Waals surface area contributed by atoms with Crippen molar-refractivity contribution < 1.29 is 14.3 Å². The number of nitrogens with zero attached hydrogens (tertiary/aromatic N) is 2. The van der Waals surface area contributed by atoms with E-state index in [2.05, 4.69) is 31.1 Å². The number of esters is 1. The molecule has 2 bridgehead atoms. The van der Waals surface area contributed by atoms with Gasteiger partial charge < -0.3 is 15.0 Å². The lowest BCUT2D eigenvalue weighted by atomic mass is 9.78. The third kappa shape index (κ3) is 4.15. The first kappa shape index (κ1) is 21.4. The molecule has 31 heavy (non-hydrogen) atoms. The Labute approximate surface area is 192 Å². The average molecular weight is 490 g/mol. The molecule has 0 unspecified atom stereocenters. The zero-order chi connectivity index (χ0) is 21.4. The van der Waals surface area contributed by atoms with Crippen molar-refractivity contribution in [1.82, 2.24) is 9.88 Å². The summed E-state index contributed by atoms with van der Waals surface area (Å²) in [6.45, 7) is 3.98. The van der Waals surface area contributed by atoms with Crippen molar-refractivity contribution in [2.24, 2.45) is 29.1 Å². The summed E-state index contributed by atoms with van der Waals surface area (Å²) in [6.07, 6.45) is 10.7. The van der Waals surface area contributed by atoms with Crippen molar-refractivity contribution in [3.63, 3.8) is 0 Å². The lowest BCUT2D eigenvalue weighted by molar-refractivity contribution is -0.154. The molecule has 1 N–H and O–H groups in total. The zero-order valence-electron chi connectivity index (χ0n) is 18.0. The predicted octanol–water partition coefficient (Wildman–Crippen LogP) is 4.25. The predicted molar refractivity (Wildman–Crippen MR) is 121 cm³/mol. The van der Waals surface area contributed by atoms with Crippen LogP contribution in [0.15, 0.2) is 22.9 Å². The Bertz CT molecular complexity index is 820. The highest BCUT2D eigenvalue weighted by atomic mass is 79.9. The molecule has 1 aliphatic heterocycles. The van der Waals surface area contributed by atoms with Gasteiger partial charge in [0.15, 0.2) is 0 Å². The Kier molecular flexibility index (Phi) is 6.08. The fourth-order valence-electron chi connectivity index (χ4n) is 6.71. The van der Waals surface area contributed by atoms with Crippen molar-refractivity contribution in [2.45, 2.75) is 51.4 Å². The van der Waals surface area contributed by atoms with Gasteiger partial charge in [-0.25, -0.2) is 4.98 Å². The number of carbonyl (C=O) groups is 2. The van der Waals surface area contributed by atoms with Gasteiger partial charge in [0, 0.05) is 0 Å². The largest absolute Gasteiger partial charge is 0.465 e. The third-order valence-electron chi connectivity index (χ3n) is 8.23. The first-order valence-corrected chi connectivity index (χ1v) is 12.7. The molecule has 5 rings (SSSR count). The second-order valence-corrected chi connectivity index (χ2v) is 10.7. The van der Waals surface area contributed by atoms with E-state index >= 15 is 0 Å². The molecule has 4 aliphatic rings. The van der Waals surface area contributed by atoms with Gasteiger partial charge in [-0.05, 0) is 116 Å². The lowest BCUT2D eigenvalue weighted by Gasteiger charge is -2.28. The number of pyridine rings is 1. The van der Waals surface area contributed by atoms with E-state index in [1.807, 2.05) is 12.1 Å². The first-order valence-electron chi connectivity index (χ1n) is 11.9. The molecule has 168 valence electrons. The molecular weight excluding hydrogens is 458 g/mol. The third-order valence-corrected chi connectivity index (χ3v) is 8.70. The summed E-state index contributed by atoms with van der Waals surface area (Å²) >= 11 is 3.32. The summed E-state index contributed by atoms with van der Waals surface area (Å²) < 4.78 is 6.48. The van der Waals surface area contributed by atoms with Crippen LogP contribution in [-0.2, 0) is 14.3 Å². The minimum Gasteiger partial charge on any atom is -0.465 e. The fraction of sp³-hybridized carbons (Fsp3) is 0.708. The van der Waals surface area contributed by atoms with Gasteiger partial charge in [-0.3, -0.25) is 9.59 Å². The van der Waals surface area contributed by atoms with E-state index in [1.54, 1.807) is 6.20 Å². The van der Waals surface area contributed by atoms with Gasteiger partial charge in [0.2, 0.25) is 5.91 Å². The molecule has 1 spiro atoms. The summed E-state index contributed by atoms with van der Waals surface area (Å²) in [6, 6.07) is 3.65. The molecule has 3 aliphatic carbocycles. The molecule has 1 aromatic rings. The Morgan fingerprint density at radius 2 is 1.87 bits per heavy atom. The number of halogens is 1. The normalized spacial score (nSPS) is 30.6. The zero-order valence-corrected chi connectivity index (χ0v) is 19.6. The lowest BCUT2D eigenvalue weighted by Crippen LogP contribution is -2.38. The minimum absolute atomic E-state index is 0.0430. The van der Waals surface area contributed by atoms with Crippen molar-refractivity contribution in [3.05, 3.63) is 22.9 Å². The van der Waals surface area contributed by atoms with E-state index in [-0.39, 0.29) is 29.1 Å².